The van der Waals surface area contributed by atoms with Crippen LogP contribution in [0, 0.1) is 12.8 Å². The van der Waals surface area contributed by atoms with Crippen LogP contribution in [0.2, 0.25) is 0 Å². The van der Waals surface area contributed by atoms with Crippen LogP contribution >= 0.6 is 0 Å². The van der Waals surface area contributed by atoms with Gasteiger partial charge in [0.25, 0.3) is 5.91 Å². The zero-order chi connectivity index (χ0) is 16.7. The molecule has 1 aromatic heterocycles. The minimum atomic E-state index is -0.762. The summed E-state index contributed by atoms with van der Waals surface area (Å²) in [7, 11) is 1.25. The van der Waals surface area contributed by atoms with Gasteiger partial charge >= 0.3 is 11.9 Å². The van der Waals surface area contributed by atoms with E-state index in [9.17, 15) is 14.4 Å². The van der Waals surface area contributed by atoms with Crippen LogP contribution in [0.4, 0.5) is 0 Å². The Morgan fingerprint density at radius 2 is 1.95 bits per heavy atom. The number of hydrogen-bond donors (Lipinski definition) is 1. The topological polar surface area (TPSA) is 94.8 Å². The van der Waals surface area contributed by atoms with Gasteiger partial charge in [0.1, 0.15) is 11.8 Å². The van der Waals surface area contributed by atoms with Gasteiger partial charge in [-0.05, 0) is 31.4 Å². The predicted molar refractivity (Wildman–Crippen MR) is 77.1 cm³/mol. The summed E-state index contributed by atoms with van der Waals surface area (Å²) in [6.45, 7) is 5.03. The first-order chi connectivity index (χ1) is 10.3. The standard InChI is InChI=1S/C15H21NO6/c1-9(2)7-11(14(18)20-4)16-13(17)8-21-15(19)12-6-5-10(3)22-12/h5-6,9,11H,7-8H2,1-4H3,(H,16,17). The third-order valence-corrected chi connectivity index (χ3v) is 2.80. The second-order valence-electron chi connectivity index (χ2n) is 5.26. The van der Waals surface area contributed by atoms with Gasteiger partial charge < -0.3 is 19.2 Å². The van der Waals surface area contributed by atoms with Crippen molar-refractivity contribution in [2.45, 2.75) is 33.2 Å². The number of carbonyl (C=O) groups excluding carboxylic acids is 3. The smallest absolute Gasteiger partial charge is 0.374 e. The minimum absolute atomic E-state index is 0.0250. The maximum atomic E-state index is 11.8. The van der Waals surface area contributed by atoms with E-state index in [4.69, 9.17) is 9.15 Å². The van der Waals surface area contributed by atoms with E-state index in [0.717, 1.165) is 0 Å². The van der Waals surface area contributed by atoms with Gasteiger partial charge in [-0.15, -0.1) is 0 Å². The third-order valence-electron chi connectivity index (χ3n) is 2.80. The monoisotopic (exact) mass is 311 g/mol. The second kappa shape index (κ2) is 8.21. The number of furan rings is 1. The van der Waals surface area contributed by atoms with Gasteiger partial charge in [-0.3, -0.25) is 4.79 Å². The van der Waals surface area contributed by atoms with Gasteiger partial charge in [0.05, 0.1) is 7.11 Å². The molecule has 7 heteroatoms. The lowest BCUT2D eigenvalue weighted by molar-refractivity contribution is -0.145. The summed E-state index contributed by atoms with van der Waals surface area (Å²) in [5.74, 6) is -1.06. The molecule has 0 spiro atoms. The molecule has 1 N–H and O–H groups in total. The largest absolute Gasteiger partial charge is 0.467 e. The van der Waals surface area contributed by atoms with Gasteiger partial charge in [-0.2, -0.15) is 0 Å². The van der Waals surface area contributed by atoms with Crippen LogP contribution < -0.4 is 5.32 Å². The van der Waals surface area contributed by atoms with Crippen LogP contribution in [-0.4, -0.2) is 37.6 Å². The van der Waals surface area contributed by atoms with Crippen LogP contribution in [0.15, 0.2) is 16.5 Å². The summed E-state index contributed by atoms with van der Waals surface area (Å²) < 4.78 is 14.5. The highest BCUT2D eigenvalue weighted by molar-refractivity contribution is 5.90. The van der Waals surface area contributed by atoms with Crippen molar-refractivity contribution in [3.8, 4) is 0 Å². The molecule has 0 saturated carbocycles. The second-order valence-corrected chi connectivity index (χ2v) is 5.26. The lowest BCUT2D eigenvalue weighted by Crippen LogP contribution is -2.44. The maximum absolute atomic E-state index is 11.8. The molecular formula is C15H21NO6. The van der Waals surface area contributed by atoms with Crippen LogP contribution in [0.3, 0.4) is 0 Å². The summed E-state index contributed by atoms with van der Waals surface area (Å²) in [4.78, 5) is 35.0. The molecule has 0 bridgehead atoms. The van der Waals surface area contributed by atoms with Crippen LogP contribution in [0.1, 0.15) is 36.6 Å². The summed E-state index contributed by atoms with van der Waals surface area (Å²) >= 11 is 0. The highest BCUT2D eigenvalue weighted by atomic mass is 16.5. The SMILES string of the molecule is COC(=O)C(CC(C)C)NC(=O)COC(=O)c1ccc(C)o1. The summed E-state index contributed by atoms with van der Waals surface area (Å²) in [6.07, 6.45) is 0.434. The molecule has 1 heterocycles. The van der Waals surface area contributed by atoms with Gasteiger partial charge in [-0.1, -0.05) is 13.8 Å². The molecule has 0 aromatic carbocycles. The lowest BCUT2D eigenvalue weighted by atomic mass is 10.0. The lowest BCUT2D eigenvalue weighted by Gasteiger charge is -2.18. The fraction of sp³-hybridized carbons (Fsp3) is 0.533. The van der Waals surface area contributed by atoms with Crippen molar-refractivity contribution in [2.24, 2.45) is 5.92 Å². The first-order valence-electron chi connectivity index (χ1n) is 6.94. The van der Waals surface area contributed by atoms with E-state index in [2.05, 4.69) is 10.1 Å². The molecule has 0 aliphatic carbocycles. The number of hydrogen-bond acceptors (Lipinski definition) is 6. The zero-order valence-electron chi connectivity index (χ0n) is 13.2. The molecule has 0 aliphatic heterocycles. The Bertz CT molecular complexity index is 534. The van der Waals surface area contributed by atoms with Crippen molar-refractivity contribution in [2.75, 3.05) is 13.7 Å². The average molecular weight is 311 g/mol. The molecule has 122 valence electrons. The Morgan fingerprint density at radius 1 is 1.27 bits per heavy atom. The van der Waals surface area contributed by atoms with Gasteiger partial charge in [0.15, 0.2) is 6.61 Å². The highest BCUT2D eigenvalue weighted by Crippen LogP contribution is 2.08. The minimum Gasteiger partial charge on any atom is -0.467 e. The molecule has 22 heavy (non-hydrogen) atoms. The van der Waals surface area contributed by atoms with Crippen molar-refractivity contribution in [3.05, 3.63) is 23.7 Å². The Labute approximate surface area is 129 Å². The Kier molecular flexibility index (Phi) is 6.62. The fourth-order valence-electron chi connectivity index (χ4n) is 1.81. The number of rotatable bonds is 7. The number of amides is 1. The first-order valence-corrected chi connectivity index (χ1v) is 6.94. The van der Waals surface area contributed by atoms with Crippen LogP contribution in [0.5, 0.6) is 0 Å². The van der Waals surface area contributed by atoms with Crippen LogP contribution in [0.25, 0.3) is 0 Å². The fourth-order valence-corrected chi connectivity index (χ4v) is 1.81. The Balaban J connectivity index is 2.49. The summed E-state index contributed by atoms with van der Waals surface area (Å²) in [5.41, 5.74) is 0. The number of esters is 2. The molecule has 1 aromatic rings. The maximum Gasteiger partial charge on any atom is 0.374 e. The van der Waals surface area contributed by atoms with Gasteiger partial charge in [0.2, 0.25) is 5.76 Å². The number of methoxy groups -OCH3 is 1. The molecule has 7 nitrogen and oxygen atoms in total. The van der Waals surface area contributed by atoms with Crippen molar-refractivity contribution >= 4 is 17.8 Å². The number of ether oxygens (including phenoxy) is 2. The van der Waals surface area contributed by atoms with E-state index in [0.29, 0.717) is 12.2 Å². The van der Waals surface area contributed by atoms with Crippen molar-refractivity contribution < 1.29 is 28.3 Å². The van der Waals surface area contributed by atoms with Gasteiger partial charge in [0, 0.05) is 0 Å². The normalized spacial score (nSPS) is 11.9. The number of carbonyl (C=O) groups is 3. The molecule has 1 unspecified atom stereocenters. The van der Waals surface area contributed by atoms with E-state index >= 15 is 0 Å². The first kappa shape index (κ1) is 17.7. The zero-order valence-corrected chi connectivity index (χ0v) is 13.2. The predicted octanol–water partition coefficient (Wildman–Crippen LogP) is 1.45. The third kappa shape index (κ3) is 5.59. The molecule has 0 aliphatic rings. The van der Waals surface area contributed by atoms with Crippen molar-refractivity contribution in [3.63, 3.8) is 0 Å². The Morgan fingerprint density at radius 3 is 2.45 bits per heavy atom. The number of aryl methyl sites for hydroxylation is 1. The van der Waals surface area contributed by atoms with Crippen LogP contribution in [-0.2, 0) is 19.1 Å². The van der Waals surface area contributed by atoms with Crippen molar-refractivity contribution in [1.29, 1.82) is 0 Å². The molecule has 0 fully saturated rings. The quantitative estimate of drug-likeness (QED) is 0.766. The molecule has 1 atom stereocenters. The summed E-state index contributed by atoms with van der Waals surface area (Å²) in [6, 6.07) is 2.32. The summed E-state index contributed by atoms with van der Waals surface area (Å²) in [5, 5.41) is 2.49. The molecule has 0 saturated heterocycles. The van der Waals surface area contributed by atoms with Crippen molar-refractivity contribution in [1.82, 2.24) is 5.32 Å². The van der Waals surface area contributed by atoms with Gasteiger partial charge in [-0.25, -0.2) is 9.59 Å². The highest BCUT2D eigenvalue weighted by Gasteiger charge is 2.23. The van der Waals surface area contributed by atoms with E-state index in [1.807, 2.05) is 13.8 Å². The number of nitrogens with one attached hydrogen (secondary N) is 1. The van der Waals surface area contributed by atoms with E-state index < -0.39 is 30.5 Å². The average Bonchev–Trinajstić information content (AvgIpc) is 2.89. The van der Waals surface area contributed by atoms with E-state index in [1.165, 1.54) is 13.2 Å². The van der Waals surface area contributed by atoms with E-state index in [-0.39, 0.29) is 11.7 Å². The Hall–Kier alpha value is -2.31. The molecule has 1 rings (SSSR count). The molecule has 0 radical (unpaired) electrons. The molecule has 1 amide bonds. The molecular weight excluding hydrogens is 290 g/mol. The van der Waals surface area contributed by atoms with E-state index in [1.54, 1.807) is 13.0 Å².